The van der Waals surface area contributed by atoms with E-state index in [0.717, 1.165) is 18.9 Å². The summed E-state index contributed by atoms with van der Waals surface area (Å²) >= 11 is 0. The highest BCUT2D eigenvalue weighted by Gasteiger charge is 2.55. The maximum atomic E-state index is 14.9. The molecule has 4 rings (SSSR count). The van der Waals surface area contributed by atoms with Gasteiger partial charge in [0.25, 0.3) is 5.92 Å². The van der Waals surface area contributed by atoms with E-state index in [2.05, 4.69) is 27.6 Å². The van der Waals surface area contributed by atoms with Crippen LogP contribution < -0.4 is 10.6 Å². The Labute approximate surface area is 165 Å². The number of nitrogens with zero attached hydrogens (tertiary/aromatic N) is 2. The molecule has 152 valence electrons. The molecule has 2 aromatic rings. The van der Waals surface area contributed by atoms with E-state index in [0.29, 0.717) is 12.6 Å². The highest BCUT2D eigenvalue weighted by atomic mass is 19.3. The van der Waals surface area contributed by atoms with Gasteiger partial charge >= 0.3 is 6.03 Å². The van der Waals surface area contributed by atoms with Crippen molar-refractivity contribution in [2.24, 2.45) is 5.92 Å². The molecule has 6 nitrogen and oxygen atoms in total. The molecule has 0 unspecified atom stereocenters. The van der Waals surface area contributed by atoms with Crippen LogP contribution in [0.2, 0.25) is 0 Å². The van der Waals surface area contributed by atoms with Crippen molar-refractivity contribution >= 4 is 11.7 Å². The summed E-state index contributed by atoms with van der Waals surface area (Å²) in [6, 6.07) is 3.07. The number of aliphatic hydroxyl groups is 1. The van der Waals surface area contributed by atoms with Gasteiger partial charge in [-0.15, -0.1) is 0 Å². The van der Waals surface area contributed by atoms with Crippen LogP contribution in [0.5, 0.6) is 0 Å². The monoisotopic (exact) mass is 404 g/mol. The zero-order valence-electron chi connectivity index (χ0n) is 15.6. The Morgan fingerprint density at radius 2 is 2.17 bits per heavy atom. The standard InChI is InChI=1S/C20H19F3N4O2/c1-19(22,23)20(6-4-12-2-3-12)15-9-16(21)13(8-17(15)24-18(29)25-20)10-27-7-5-14(11-28)26-27/h5,7-9,12,28H,2-3,10-11H2,1H3,(H2,24,25,29)/t20-/m0/s1. The van der Waals surface area contributed by atoms with Crippen molar-refractivity contribution in [3.8, 4) is 11.8 Å². The summed E-state index contributed by atoms with van der Waals surface area (Å²) in [4.78, 5) is 12.2. The van der Waals surface area contributed by atoms with Crippen molar-refractivity contribution < 1.29 is 23.1 Å². The number of anilines is 1. The van der Waals surface area contributed by atoms with E-state index in [4.69, 9.17) is 5.11 Å². The van der Waals surface area contributed by atoms with Gasteiger partial charge in [0, 0.05) is 35.9 Å². The molecule has 2 aliphatic rings. The van der Waals surface area contributed by atoms with Crippen LogP contribution in [0.3, 0.4) is 0 Å². The van der Waals surface area contributed by atoms with Crippen molar-refractivity contribution in [1.29, 1.82) is 0 Å². The molecule has 2 amide bonds. The molecule has 1 aromatic heterocycles. The maximum absolute atomic E-state index is 14.9. The van der Waals surface area contributed by atoms with Gasteiger partial charge in [-0.2, -0.15) is 5.10 Å². The summed E-state index contributed by atoms with van der Waals surface area (Å²) in [6.45, 7) is 0.413. The zero-order chi connectivity index (χ0) is 20.8. The van der Waals surface area contributed by atoms with Crippen LogP contribution in [0, 0.1) is 23.6 Å². The molecule has 3 N–H and O–H groups in total. The number of carbonyl (C=O) groups is 1. The van der Waals surface area contributed by atoms with Gasteiger partial charge in [0.15, 0.2) is 5.54 Å². The Hall–Kier alpha value is -2.99. The minimum atomic E-state index is -3.45. The molecule has 1 aliphatic heterocycles. The zero-order valence-corrected chi connectivity index (χ0v) is 15.6. The summed E-state index contributed by atoms with van der Waals surface area (Å²) in [5.41, 5.74) is -1.78. The number of benzene rings is 1. The number of carbonyl (C=O) groups excluding carboxylic acids is 1. The van der Waals surface area contributed by atoms with Crippen LogP contribution in [0.15, 0.2) is 24.4 Å². The quantitative estimate of drug-likeness (QED) is 0.686. The van der Waals surface area contributed by atoms with Gasteiger partial charge in [0.2, 0.25) is 0 Å². The molecule has 1 aromatic carbocycles. The second-order valence-electron chi connectivity index (χ2n) is 7.41. The number of fused-ring (bicyclic) bond motifs is 1. The van der Waals surface area contributed by atoms with Gasteiger partial charge in [0.1, 0.15) is 5.82 Å². The van der Waals surface area contributed by atoms with E-state index in [1.165, 1.54) is 10.7 Å². The molecule has 0 bridgehead atoms. The molecule has 29 heavy (non-hydrogen) atoms. The third-order valence-electron chi connectivity index (χ3n) is 5.03. The Kier molecular flexibility index (Phi) is 4.54. The van der Waals surface area contributed by atoms with E-state index in [9.17, 15) is 18.0 Å². The number of urea groups is 1. The minimum Gasteiger partial charge on any atom is -0.390 e. The number of nitrogens with one attached hydrogen (secondary N) is 2. The van der Waals surface area contributed by atoms with Gasteiger partial charge in [-0.3, -0.25) is 4.68 Å². The largest absolute Gasteiger partial charge is 0.390 e. The van der Waals surface area contributed by atoms with E-state index in [1.807, 2.05) is 0 Å². The topological polar surface area (TPSA) is 79.2 Å². The lowest BCUT2D eigenvalue weighted by Crippen LogP contribution is -2.59. The number of aromatic nitrogens is 2. The molecule has 1 fully saturated rings. The molecular formula is C20H19F3N4O2. The van der Waals surface area contributed by atoms with E-state index in [-0.39, 0.29) is 35.9 Å². The van der Waals surface area contributed by atoms with Crippen LogP contribution in [0.4, 0.5) is 23.7 Å². The smallest absolute Gasteiger partial charge is 0.320 e. The number of aliphatic hydroxyl groups excluding tert-OH is 1. The average Bonchev–Trinajstić information content (AvgIpc) is 3.37. The average molecular weight is 404 g/mol. The van der Waals surface area contributed by atoms with Crippen LogP contribution >= 0.6 is 0 Å². The maximum Gasteiger partial charge on any atom is 0.320 e. The van der Waals surface area contributed by atoms with Gasteiger partial charge in [-0.25, -0.2) is 18.0 Å². The van der Waals surface area contributed by atoms with Crippen molar-refractivity contribution in [2.45, 2.75) is 44.4 Å². The summed E-state index contributed by atoms with van der Waals surface area (Å²) in [7, 11) is 0. The SMILES string of the molecule is CC(F)(F)[C@@]1(C#CC2CC2)NC(=O)Nc2cc(Cn3ccc(CO)n3)c(F)cc21. The summed E-state index contributed by atoms with van der Waals surface area (Å²) in [6.07, 6.45) is 3.21. The van der Waals surface area contributed by atoms with Crippen LogP contribution in [-0.4, -0.2) is 26.8 Å². The molecule has 9 heteroatoms. The van der Waals surface area contributed by atoms with Crippen LogP contribution in [0.25, 0.3) is 0 Å². The predicted molar refractivity (Wildman–Crippen MR) is 98.6 cm³/mol. The summed E-state index contributed by atoms with van der Waals surface area (Å²) in [5, 5.41) is 17.9. The highest BCUT2D eigenvalue weighted by Crippen LogP contribution is 2.44. The molecule has 1 aliphatic carbocycles. The van der Waals surface area contributed by atoms with E-state index < -0.39 is 23.3 Å². The molecule has 0 saturated heterocycles. The molecule has 1 atom stereocenters. The van der Waals surface area contributed by atoms with Crippen LogP contribution in [0.1, 0.15) is 36.6 Å². The fraction of sp³-hybridized carbons (Fsp3) is 0.400. The first-order chi connectivity index (χ1) is 13.7. The van der Waals surface area contributed by atoms with Crippen LogP contribution in [-0.2, 0) is 18.7 Å². The highest BCUT2D eigenvalue weighted by molar-refractivity contribution is 5.95. The molecule has 1 saturated carbocycles. The Bertz CT molecular complexity index is 1030. The lowest BCUT2D eigenvalue weighted by atomic mass is 9.81. The van der Waals surface area contributed by atoms with Crippen molar-refractivity contribution in [3.05, 3.63) is 47.0 Å². The third kappa shape index (κ3) is 3.56. The predicted octanol–water partition coefficient (Wildman–Crippen LogP) is 2.96. The number of hydrogen-bond acceptors (Lipinski definition) is 3. The Morgan fingerprint density at radius 3 is 2.79 bits per heavy atom. The van der Waals surface area contributed by atoms with Crippen molar-refractivity contribution in [3.63, 3.8) is 0 Å². The molecule has 2 heterocycles. The third-order valence-corrected chi connectivity index (χ3v) is 5.03. The number of halogens is 3. The van der Waals surface area contributed by atoms with Gasteiger partial charge in [0.05, 0.1) is 18.8 Å². The van der Waals surface area contributed by atoms with Crippen molar-refractivity contribution in [2.75, 3.05) is 5.32 Å². The number of alkyl halides is 2. The lowest BCUT2D eigenvalue weighted by molar-refractivity contribution is -0.0465. The van der Waals surface area contributed by atoms with Gasteiger partial charge in [-0.1, -0.05) is 11.8 Å². The van der Waals surface area contributed by atoms with Gasteiger partial charge in [-0.05, 0) is 31.0 Å². The number of amides is 2. The van der Waals surface area contributed by atoms with E-state index in [1.54, 1.807) is 12.3 Å². The van der Waals surface area contributed by atoms with Crippen molar-refractivity contribution in [1.82, 2.24) is 15.1 Å². The molecule has 0 radical (unpaired) electrons. The normalized spacial score (nSPS) is 20.9. The fourth-order valence-electron chi connectivity index (χ4n) is 3.29. The minimum absolute atomic E-state index is 0.00564. The van der Waals surface area contributed by atoms with E-state index >= 15 is 0 Å². The number of hydrogen-bond donors (Lipinski definition) is 3. The Morgan fingerprint density at radius 1 is 1.41 bits per heavy atom. The fourth-order valence-corrected chi connectivity index (χ4v) is 3.29. The summed E-state index contributed by atoms with van der Waals surface area (Å²) < 4.78 is 45.7. The number of rotatable bonds is 4. The second-order valence-corrected chi connectivity index (χ2v) is 7.41. The van der Waals surface area contributed by atoms with Gasteiger partial charge < -0.3 is 15.7 Å². The molecular weight excluding hydrogens is 385 g/mol. The first-order valence-electron chi connectivity index (χ1n) is 9.17. The summed E-state index contributed by atoms with van der Waals surface area (Å²) in [5.74, 6) is 1.19. The lowest BCUT2D eigenvalue weighted by Gasteiger charge is -2.40. The first kappa shape index (κ1) is 19.3. The first-order valence-corrected chi connectivity index (χ1v) is 9.17. The molecule has 0 spiro atoms. The second kappa shape index (κ2) is 6.81. The Balaban J connectivity index is 1.79.